The van der Waals surface area contributed by atoms with Crippen LogP contribution in [0.3, 0.4) is 0 Å². The van der Waals surface area contributed by atoms with Crippen LogP contribution in [-0.2, 0) is 6.42 Å². The molecule has 0 radical (unpaired) electrons. The number of piperidine rings is 1. The van der Waals surface area contributed by atoms with Crippen LogP contribution >= 0.6 is 11.3 Å². The van der Waals surface area contributed by atoms with Gasteiger partial charge in [0.05, 0.1) is 20.9 Å². The first-order valence-electron chi connectivity index (χ1n) is 10.1. The number of benzene rings is 1. The molecule has 1 aromatic heterocycles. The molecule has 1 aromatic carbocycles. The van der Waals surface area contributed by atoms with Crippen molar-refractivity contribution in [3.05, 3.63) is 34.8 Å². The van der Waals surface area contributed by atoms with Gasteiger partial charge >= 0.3 is 6.09 Å². The Morgan fingerprint density at radius 2 is 2.11 bits per heavy atom. The second-order valence-electron chi connectivity index (χ2n) is 8.90. The zero-order valence-electron chi connectivity index (χ0n) is 16.9. The average molecular weight is 400 g/mol. The predicted octanol–water partition coefficient (Wildman–Crippen LogP) is 4.93. The van der Waals surface area contributed by atoms with Crippen LogP contribution in [0.15, 0.2) is 24.3 Å². The van der Waals surface area contributed by atoms with Crippen molar-refractivity contribution in [2.75, 3.05) is 26.7 Å². The molecule has 2 aromatic rings. The van der Waals surface area contributed by atoms with Gasteiger partial charge in [0.1, 0.15) is 0 Å². The number of allylic oxidation sites excluding steroid dienone is 1. The Kier molecular flexibility index (Phi) is 5.19. The van der Waals surface area contributed by atoms with Gasteiger partial charge < -0.3 is 10.0 Å². The van der Waals surface area contributed by atoms with E-state index in [1.807, 2.05) is 6.07 Å². The Bertz CT molecular complexity index is 912. The van der Waals surface area contributed by atoms with E-state index in [4.69, 9.17) is 4.98 Å². The molecule has 4 rings (SSSR count). The van der Waals surface area contributed by atoms with Crippen molar-refractivity contribution in [3.63, 3.8) is 0 Å². The molecule has 0 spiro atoms. The lowest BCUT2D eigenvalue weighted by molar-refractivity contribution is 0.139. The summed E-state index contributed by atoms with van der Waals surface area (Å²) in [6, 6.07) is 6.20. The molecule has 2 aliphatic rings. The molecule has 28 heavy (non-hydrogen) atoms. The minimum atomic E-state index is -0.882. The second-order valence-corrected chi connectivity index (χ2v) is 10.0. The summed E-state index contributed by atoms with van der Waals surface area (Å²) >= 11 is 1.78. The molecule has 150 valence electrons. The number of nitrogens with zero attached hydrogens (tertiary/aromatic N) is 3. The van der Waals surface area contributed by atoms with Crippen LogP contribution in [0.25, 0.3) is 15.9 Å². The van der Waals surface area contributed by atoms with Gasteiger partial charge in [-0.25, -0.2) is 9.78 Å². The molecule has 6 heteroatoms. The molecule has 0 saturated carbocycles. The first-order chi connectivity index (χ1) is 13.3. The average Bonchev–Trinajstić information content (AvgIpc) is 3.05. The number of fused-ring (bicyclic) bond motifs is 1. The van der Waals surface area contributed by atoms with Crippen molar-refractivity contribution in [3.8, 4) is 0 Å². The van der Waals surface area contributed by atoms with Crippen molar-refractivity contribution < 1.29 is 9.90 Å². The van der Waals surface area contributed by atoms with Crippen LogP contribution in [0.1, 0.15) is 43.7 Å². The number of likely N-dealkylation sites (tertiary alicyclic amines) is 1. The van der Waals surface area contributed by atoms with Gasteiger partial charge in [0.2, 0.25) is 0 Å². The normalized spacial score (nSPS) is 23.0. The number of amides is 1. The summed E-state index contributed by atoms with van der Waals surface area (Å²) in [4.78, 5) is 20.5. The third-order valence-corrected chi connectivity index (χ3v) is 7.27. The van der Waals surface area contributed by atoms with Crippen molar-refractivity contribution in [1.82, 2.24) is 14.8 Å². The van der Waals surface area contributed by atoms with Gasteiger partial charge in [-0.2, -0.15) is 0 Å². The van der Waals surface area contributed by atoms with Gasteiger partial charge in [-0.3, -0.25) is 4.90 Å². The van der Waals surface area contributed by atoms with Crippen molar-refractivity contribution in [1.29, 1.82) is 0 Å². The molecular weight excluding hydrogens is 370 g/mol. The summed E-state index contributed by atoms with van der Waals surface area (Å²) in [5.41, 5.74) is 3.05. The lowest BCUT2D eigenvalue weighted by atomic mass is 9.78. The Morgan fingerprint density at radius 3 is 2.82 bits per heavy atom. The van der Waals surface area contributed by atoms with Crippen molar-refractivity contribution >= 4 is 33.3 Å². The summed E-state index contributed by atoms with van der Waals surface area (Å²) in [6.07, 6.45) is 5.53. The number of hydrogen-bond donors (Lipinski definition) is 1. The first kappa shape index (κ1) is 19.4. The maximum atomic E-state index is 11.7. The number of aromatic nitrogens is 1. The summed E-state index contributed by atoms with van der Waals surface area (Å²) in [5, 5.41) is 10.8. The van der Waals surface area contributed by atoms with Gasteiger partial charge in [0.15, 0.2) is 0 Å². The third kappa shape index (κ3) is 3.94. The highest BCUT2D eigenvalue weighted by Gasteiger charge is 2.30. The van der Waals surface area contributed by atoms with E-state index in [-0.39, 0.29) is 0 Å². The second kappa shape index (κ2) is 7.48. The highest BCUT2D eigenvalue weighted by Crippen LogP contribution is 2.37. The third-order valence-electron chi connectivity index (χ3n) is 6.23. The monoisotopic (exact) mass is 399 g/mol. The van der Waals surface area contributed by atoms with Gasteiger partial charge in [0, 0.05) is 18.5 Å². The number of carboxylic acid groups (broad SMARTS) is 1. The maximum Gasteiger partial charge on any atom is 0.411 e. The molecule has 1 N–H and O–H groups in total. The quantitative estimate of drug-likeness (QED) is 0.795. The minimum Gasteiger partial charge on any atom is -0.465 e. The summed E-state index contributed by atoms with van der Waals surface area (Å²) in [6.45, 7) is 7.33. The zero-order chi connectivity index (χ0) is 19.9. The van der Waals surface area contributed by atoms with Gasteiger partial charge in [-0.15, -0.1) is 11.3 Å². The first-order valence-corrected chi connectivity index (χ1v) is 10.9. The topological polar surface area (TPSA) is 56.7 Å². The van der Waals surface area contributed by atoms with E-state index in [1.54, 1.807) is 11.3 Å². The van der Waals surface area contributed by atoms with E-state index < -0.39 is 6.09 Å². The molecule has 1 amide bonds. The van der Waals surface area contributed by atoms with Gasteiger partial charge in [-0.05, 0) is 62.9 Å². The molecule has 0 aliphatic carbocycles. The van der Waals surface area contributed by atoms with E-state index in [1.165, 1.54) is 27.4 Å². The Labute approximate surface area is 170 Å². The minimum absolute atomic E-state index is 0.325. The van der Waals surface area contributed by atoms with Crippen LogP contribution in [0, 0.1) is 11.3 Å². The molecule has 1 fully saturated rings. The smallest absolute Gasteiger partial charge is 0.411 e. The lowest BCUT2D eigenvalue weighted by Crippen LogP contribution is -2.37. The van der Waals surface area contributed by atoms with E-state index >= 15 is 0 Å². The van der Waals surface area contributed by atoms with E-state index in [0.29, 0.717) is 17.9 Å². The number of carbonyl (C=O) groups is 1. The standard InChI is InChI=1S/C22H29N3O2S/c1-15-4-6-18(25(14-15)21(26)27)16-5-7-19-17(12-16)23-20(28-19)13-22(2)8-10-24(3)11-9-22/h5-7,12,15H,4,8-11,13-14H2,1-3H3,(H,26,27)/t15-/m0/s1. The van der Waals surface area contributed by atoms with Gasteiger partial charge in [0.25, 0.3) is 0 Å². The fourth-order valence-corrected chi connectivity index (χ4v) is 5.44. The molecule has 2 aliphatic heterocycles. The molecule has 0 bridgehead atoms. The Hall–Kier alpha value is -1.92. The summed E-state index contributed by atoms with van der Waals surface area (Å²) in [7, 11) is 2.19. The largest absolute Gasteiger partial charge is 0.465 e. The molecule has 1 atom stereocenters. The van der Waals surface area contributed by atoms with E-state index in [9.17, 15) is 9.90 Å². The fourth-order valence-electron chi connectivity index (χ4n) is 4.27. The highest BCUT2D eigenvalue weighted by molar-refractivity contribution is 7.18. The fraction of sp³-hybridized carbons (Fsp3) is 0.545. The van der Waals surface area contributed by atoms with Crippen LogP contribution in [0.4, 0.5) is 4.79 Å². The maximum absolute atomic E-state index is 11.7. The number of hydrogen-bond acceptors (Lipinski definition) is 4. The predicted molar refractivity (Wildman–Crippen MR) is 115 cm³/mol. The number of rotatable bonds is 3. The van der Waals surface area contributed by atoms with E-state index in [0.717, 1.165) is 42.7 Å². The summed E-state index contributed by atoms with van der Waals surface area (Å²) < 4.78 is 1.18. The van der Waals surface area contributed by atoms with Crippen LogP contribution in [0.2, 0.25) is 0 Å². The molecular formula is C22H29N3O2S. The zero-order valence-corrected chi connectivity index (χ0v) is 17.8. The van der Waals surface area contributed by atoms with Crippen LogP contribution < -0.4 is 0 Å². The van der Waals surface area contributed by atoms with Gasteiger partial charge in [-0.1, -0.05) is 26.0 Å². The van der Waals surface area contributed by atoms with E-state index in [2.05, 4.69) is 44.0 Å². The lowest BCUT2D eigenvalue weighted by Gasteiger charge is -2.37. The highest BCUT2D eigenvalue weighted by atomic mass is 32.1. The number of thiazole rings is 1. The van der Waals surface area contributed by atoms with Crippen LogP contribution in [-0.4, -0.2) is 52.7 Å². The van der Waals surface area contributed by atoms with Crippen molar-refractivity contribution in [2.45, 2.75) is 39.5 Å². The molecule has 3 heterocycles. The summed E-state index contributed by atoms with van der Waals surface area (Å²) in [5.74, 6) is 0.352. The molecule has 0 unspecified atom stereocenters. The van der Waals surface area contributed by atoms with Crippen LogP contribution in [0.5, 0.6) is 0 Å². The molecule has 5 nitrogen and oxygen atoms in total. The SMILES string of the molecule is C[C@H]1CC=C(c2ccc3sc(CC4(C)CCN(C)CC4)nc3c2)N(C(=O)O)C1. The Balaban J connectivity index is 1.59. The Morgan fingerprint density at radius 1 is 1.36 bits per heavy atom. The molecule has 1 saturated heterocycles. The van der Waals surface area contributed by atoms with Crippen molar-refractivity contribution in [2.24, 2.45) is 11.3 Å².